The molecule has 0 spiro atoms. The molecule has 0 N–H and O–H groups in total. The van der Waals surface area contributed by atoms with E-state index in [0.717, 1.165) is 0 Å². The third-order valence-electron chi connectivity index (χ3n) is 3.00. The molecule has 19 heavy (non-hydrogen) atoms. The van der Waals surface area contributed by atoms with Gasteiger partial charge in [-0.25, -0.2) is 8.42 Å². The summed E-state index contributed by atoms with van der Waals surface area (Å²) < 4.78 is 33.9. The van der Waals surface area contributed by atoms with Crippen LogP contribution in [0, 0.1) is 0 Å². The summed E-state index contributed by atoms with van der Waals surface area (Å²) in [6.45, 7) is 4.48. The molecule has 1 fully saturated rings. The lowest BCUT2D eigenvalue weighted by Gasteiger charge is -2.41. The number of rotatable bonds is 3. The van der Waals surface area contributed by atoms with Crippen LogP contribution in [-0.2, 0) is 21.8 Å². The van der Waals surface area contributed by atoms with E-state index in [-0.39, 0.29) is 11.1 Å². The third-order valence-corrected chi connectivity index (χ3v) is 5.61. The number of ether oxygens (including phenoxy) is 1. The van der Waals surface area contributed by atoms with E-state index >= 15 is 0 Å². The van der Waals surface area contributed by atoms with Gasteiger partial charge in [-0.2, -0.15) is 9.40 Å². The van der Waals surface area contributed by atoms with Gasteiger partial charge in [0, 0.05) is 25.5 Å². The monoisotopic (exact) mass is 351 g/mol. The van der Waals surface area contributed by atoms with Crippen molar-refractivity contribution < 1.29 is 13.2 Å². The Hall–Kier alpha value is -0.440. The van der Waals surface area contributed by atoms with E-state index in [1.165, 1.54) is 21.3 Å². The van der Waals surface area contributed by atoms with Gasteiger partial charge in [0.25, 0.3) is 10.0 Å². The molecule has 0 amide bonds. The Morgan fingerprint density at radius 3 is 2.79 bits per heavy atom. The van der Waals surface area contributed by atoms with Gasteiger partial charge in [-0.15, -0.1) is 0 Å². The zero-order valence-corrected chi connectivity index (χ0v) is 13.6. The minimum atomic E-state index is -3.53. The van der Waals surface area contributed by atoms with Gasteiger partial charge in [0.1, 0.15) is 0 Å². The first-order valence-electron chi connectivity index (χ1n) is 5.98. The van der Waals surface area contributed by atoms with Gasteiger partial charge < -0.3 is 4.74 Å². The lowest BCUT2D eigenvalue weighted by atomic mass is 10.1. The van der Waals surface area contributed by atoms with E-state index in [4.69, 9.17) is 4.74 Å². The molecule has 0 aliphatic carbocycles. The molecule has 0 aromatic carbocycles. The third kappa shape index (κ3) is 3.01. The molecule has 108 valence electrons. The van der Waals surface area contributed by atoms with E-state index < -0.39 is 15.6 Å². The average molecular weight is 352 g/mol. The molecule has 2 rings (SSSR count). The van der Waals surface area contributed by atoms with Crippen molar-refractivity contribution in [2.24, 2.45) is 7.05 Å². The fourth-order valence-corrected chi connectivity index (χ4v) is 4.31. The SMILES string of the molecule is Cn1nccc1S(=O)(=O)N1CC(CBr)OC(C)(C)C1. The molecule has 0 saturated carbocycles. The zero-order valence-electron chi connectivity index (χ0n) is 11.2. The summed E-state index contributed by atoms with van der Waals surface area (Å²) in [5.74, 6) is 0. The second kappa shape index (κ2) is 5.16. The van der Waals surface area contributed by atoms with Gasteiger partial charge in [-0.05, 0) is 19.9 Å². The first-order chi connectivity index (χ1) is 8.76. The van der Waals surface area contributed by atoms with E-state index in [1.54, 1.807) is 7.05 Å². The number of morpholine rings is 1. The van der Waals surface area contributed by atoms with Crippen LogP contribution in [-0.4, -0.2) is 52.6 Å². The van der Waals surface area contributed by atoms with Crippen LogP contribution in [0.1, 0.15) is 13.8 Å². The second-order valence-electron chi connectivity index (χ2n) is 5.24. The number of aromatic nitrogens is 2. The predicted molar refractivity (Wildman–Crippen MR) is 74.7 cm³/mol. The second-order valence-corrected chi connectivity index (χ2v) is 7.78. The Morgan fingerprint density at radius 2 is 2.26 bits per heavy atom. The molecule has 1 unspecified atom stereocenters. The summed E-state index contributed by atoms with van der Waals surface area (Å²) in [5.41, 5.74) is -0.498. The lowest BCUT2D eigenvalue weighted by molar-refractivity contribution is -0.107. The Labute approximate surface area is 121 Å². The first-order valence-corrected chi connectivity index (χ1v) is 8.54. The van der Waals surface area contributed by atoms with Crippen LogP contribution in [0.3, 0.4) is 0 Å². The van der Waals surface area contributed by atoms with Crippen LogP contribution in [0.25, 0.3) is 0 Å². The van der Waals surface area contributed by atoms with Crippen LogP contribution in [0.2, 0.25) is 0 Å². The van der Waals surface area contributed by atoms with Gasteiger partial charge in [0.05, 0.1) is 17.9 Å². The quantitative estimate of drug-likeness (QED) is 0.761. The molecule has 1 aromatic rings. The molecule has 1 atom stereocenters. The molecule has 8 heteroatoms. The molecule has 6 nitrogen and oxygen atoms in total. The highest BCUT2D eigenvalue weighted by Gasteiger charge is 2.39. The fraction of sp³-hybridized carbons (Fsp3) is 0.727. The number of hydrogen-bond acceptors (Lipinski definition) is 4. The van der Waals surface area contributed by atoms with Gasteiger partial charge in [0.15, 0.2) is 5.03 Å². The summed E-state index contributed by atoms with van der Waals surface area (Å²) in [5, 5.41) is 4.74. The molecule has 0 bridgehead atoms. The number of halogens is 1. The maximum atomic E-state index is 12.6. The van der Waals surface area contributed by atoms with Crippen molar-refractivity contribution in [3.63, 3.8) is 0 Å². The minimum Gasteiger partial charge on any atom is -0.369 e. The van der Waals surface area contributed by atoms with E-state index in [0.29, 0.717) is 18.4 Å². The minimum absolute atomic E-state index is 0.147. The maximum Gasteiger partial charge on any atom is 0.260 e. The molecule has 0 radical (unpaired) electrons. The average Bonchev–Trinajstić information content (AvgIpc) is 2.74. The molecular formula is C11H18BrN3O3S. The number of alkyl halides is 1. The van der Waals surface area contributed by atoms with E-state index in [2.05, 4.69) is 21.0 Å². The molecule has 1 aliphatic heterocycles. The normalized spacial score (nSPS) is 24.5. The lowest BCUT2D eigenvalue weighted by Crippen LogP contribution is -2.55. The van der Waals surface area contributed by atoms with Crippen molar-refractivity contribution in [1.29, 1.82) is 0 Å². The standard InChI is InChI=1S/C11H18BrN3O3S/c1-11(2)8-15(7-9(6-12)18-11)19(16,17)10-4-5-13-14(10)3/h4-5,9H,6-8H2,1-3H3. The molecular weight excluding hydrogens is 334 g/mol. The zero-order chi connectivity index (χ0) is 14.3. The highest BCUT2D eigenvalue weighted by atomic mass is 79.9. The van der Waals surface area contributed by atoms with Crippen molar-refractivity contribution in [3.05, 3.63) is 12.3 Å². The molecule has 2 heterocycles. The van der Waals surface area contributed by atoms with Crippen molar-refractivity contribution in [3.8, 4) is 0 Å². The summed E-state index contributed by atoms with van der Waals surface area (Å²) in [4.78, 5) is 0. The Bertz CT molecular complexity index is 555. The summed E-state index contributed by atoms with van der Waals surface area (Å²) in [7, 11) is -1.91. The van der Waals surface area contributed by atoms with Crippen LogP contribution in [0.15, 0.2) is 17.3 Å². The smallest absolute Gasteiger partial charge is 0.260 e. The predicted octanol–water partition coefficient (Wildman–Crippen LogP) is 0.983. The van der Waals surface area contributed by atoms with E-state index in [1.807, 2.05) is 13.8 Å². The summed E-state index contributed by atoms with van der Waals surface area (Å²) in [6, 6.07) is 1.51. The highest BCUT2D eigenvalue weighted by Crippen LogP contribution is 2.26. The van der Waals surface area contributed by atoms with Gasteiger partial charge in [-0.1, -0.05) is 15.9 Å². The van der Waals surface area contributed by atoms with Crippen LogP contribution in [0.4, 0.5) is 0 Å². The van der Waals surface area contributed by atoms with Crippen LogP contribution < -0.4 is 0 Å². The number of aryl methyl sites for hydroxylation is 1. The maximum absolute atomic E-state index is 12.6. The molecule has 1 aliphatic rings. The molecule has 1 saturated heterocycles. The number of sulfonamides is 1. The van der Waals surface area contributed by atoms with Crippen molar-refractivity contribution in [1.82, 2.24) is 14.1 Å². The summed E-state index contributed by atoms with van der Waals surface area (Å²) in [6.07, 6.45) is 1.34. The highest BCUT2D eigenvalue weighted by molar-refractivity contribution is 9.09. The van der Waals surface area contributed by atoms with Crippen molar-refractivity contribution in [2.75, 3.05) is 18.4 Å². The first kappa shape index (κ1) is 15.0. The van der Waals surface area contributed by atoms with Gasteiger partial charge in [0.2, 0.25) is 0 Å². The van der Waals surface area contributed by atoms with Gasteiger partial charge in [-0.3, -0.25) is 4.68 Å². The number of nitrogens with zero attached hydrogens (tertiary/aromatic N) is 3. The van der Waals surface area contributed by atoms with Gasteiger partial charge >= 0.3 is 0 Å². The number of hydrogen-bond donors (Lipinski definition) is 0. The van der Waals surface area contributed by atoms with Crippen LogP contribution >= 0.6 is 15.9 Å². The summed E-state index contributed by atoms with van der Waals surface area (Å²) >= 11 is 3.36. The fourth-order valence-electron chi connectivity index (χ4n) is 2.25. The Kier molecular flexibility index (Phi) is 4.06. The van der Waals surface area contributed by atoms with Crippen molar-refractivity contribution in [2.45, 2.75) is 30.6 Å². The van der Waals surface area contributed by atoms with Crippen LogP contribution in [0.5, 0.6) is 0 Å². The van der Waals surface area contributed by atoms with Crippen molar-refractivity contribution >= 4 is 26.0 Å². The Balaban J connectivity index is 2.33. The largest absolute Gasteiger partial charge is 0.369 e. The van der Waals surface area contributed by atoms with E-state index in [9.17, 15) is 8.42 Å². The topological polar surface area (TPSA) is 64.4 Å². The Morgan fingerprint density at radius 1 is 1.58 bits per heavy atom. The molecule has 1 aromatic heterocycles.